The average molecular weight is 405 g/mol. The Morgan fingerprint density at radius 2 is 1.93 bits per heavy atom. The smallest absolute Gasteiger partial charge is 0.254 e. The highest BCUT2D eigenvalue weighted by molar-refractivity contribution is 7.80. The lowest BCUT2D eigenvalue weighted by molar-refractivity contribution is -0.132. The molecule has 1 atom stereocenters. The van der Waals surface area contributed by atoms with Gasteiger partial charge in [0.2, 0.25) is 11.8 Å². The summed E-state index contributed by atoms with van der Waals surface area (Å²) in [6.07, 6.45) is 3.00. The van der Waals surface area contributed by atoms with Crippen LogP contribution in [0.5, 0.6) is 0 Å². The molecule has 1 aromatic rings. The molecule has 28 heavy (non-hydrogen) atoms. The third-order valence-electron chi connectivity index (χ3n) is 4.55. The van der Waals surface area contributed by atoms with Crippen molar-refractivity contribution in [1.29, 1.82) is 0 Å². The molecule has 0 radical (unpaired) electrons. The van der Waals surface area contributed by atoms with Crippen LogP contribution in [0.2, 0.25) is 0 Å². The lowest BCUT2D eigenvalue weighted by atomic mass is 10.1. The number of thiocarbonyl (C=S) groups is 1. The molecule has 1 aliphatic heterocycles. The summed E-state index contributed by atoms with van der Waals surface area (Å²) in [7, 11) is 0. The molecule has 1 unspecified atom stereocenters. The van der Waals surface area contributed by atoms with E-state index < -0.39 is 6.04 Å². The minimum absolute atomic E-state index is 0.0986. The molecule has 0 aliphatic carbocycles. The highest BCUT2D eigenvalue weighted by atomic mass is 32.1. The van der Waals surface area contributed by atoms with Crippen LogP contribution in [0, 0.1) is 6.92 Å². The number of unbranched alkanes of at least 4 members (excludes halogenated alkanes) is 2. The second-order valence-electron chi connectivity index (χ2n) is 6.86. The van der Waals surface area contributed by atoms with Gasteiger partial charge in [-0.2, -0.15) is 0 Å². The fourth-order valence-corrected chi connectivity index (χ4v) is 3.47. The van der Waals surface area contributed by atoms with Crippen molar-refractivity contribution in [2.75, 3.05) is 11.9 Å². The monoisotopic (exact) mass is 404 g/mol. The fourth-order valence-electron chi connectivity index (χ4n) is 3.08. The van der Waals surface area contributed by atoms with Gasteiger partial charge < -0.3 is 5.32 Å². The number of carbonyl (C=O) groups is 3. The van der Waals surface area contributed by atoms with Crippen molar-refractivity contribution in [3.8, 4) is 0 Å². The first-order valence-corrected chi connectivity index (χ1v) is 10.1. The molecular formula is C20H28N4O3S. The van der Waals surface area contributed by atoms with Crippen molar-refractivity contribution in [1.82, 2.24) is 15.3 Å². The number of hydrogen-bond donors (Lipinski definition) is 2. The Hall–Kier alpha value is -2.48. The minimum atomic E-state index is -0.840. The normalized spacial score (nSPS) is 16.5. The van der Waals surface area contributed by atoms with Gasteiger partial charge in [0.25, 0.3) is 5.91 Å². The van der Waals surface area contributed by atoms with Gasteiger partial charge in [-0.15, -0.1) is 0 Å². The molecular weight excluding hydrogens is 376 g/mol. The highest BCUT2D eigenvalue weighted by Crippen LogP contribution is 2.20. The van der Waals surface area contributed by atoms with Gasteiger partial charge in [0.15, 0.2) is 5.11 Å². The highest BCUT2D eigenvalue weighted by Gasteiger charge is 2.43. The lowest BCUT2D eigenvalue weighted by Crippen LogP contribution is -2.49. The van der Waals surface area contributed by atoms with Crippen LogP contribution >= 0.6 is 12.2 Å². The molecule has 1 saturated heterocycles. The molecule has 0 saturated carbocycles. The number of benzene rings is 1. The summed E-state index contributed by atoms with van der Waals surface area (Å²) < 4.78 is 0. The first-order valence-electron chi connectivity index (χ1n) is 9.67. The van der Waals surface area contributed by atoms with E-state index in [9.17, 15) is 14.4 Å². The van der Waals surface area contributed by atoms with Gasteiger partial charge in [-0.3, -0.25) is 24.7 Å². The summed E-state index contributed by atoms with van der Waals surface area (Å²) in [5.41, 5.74) is 4.41. The van der Waals surface area contributed by atoms with Crippen LogP contribution in [-0.4, -0.2) is 45.3 Å². The van der Waals surface area contributed by atoms with E-state index in [0.29, 0.717) is 18.7 Å². The van der Waals surface area contributed by atoms with Gasteiger partial charge in [-0.05, 0) is 50.2 Å². The van der Waals surface area contributed by atoms with Crippen LogP contribution in [0.4, 0.5) is 5.69 Å². The minimum Gasteiger partial charge on any atom is -0.326 e. The van der Waals surface area contributed by atoms with Crippen LogP contribution in [0.3, 0.4) is 0 Å². The van der Waals surface area contributed by atoms with E-state index in [0.717, 1.165) is 24.8 Å². The lowest BCUT2D eigenvalue weighted by Gasteiger charge is -2.24. The van der Waals surface area contributed by atoms with Crippen LogP contribution in [0.25, 0.3) is 0 Å². The molecule has 1 aromatic carbocycles. The van der Waals surface area contributed by atoms with Crippen LogP contribution < -0.4 is 10.7 Å². The van der Waals surface area contributed by atoms with E-state index in [4.69, 9.17) is 12.2 Å². The second-order valence-corrected chi connectivity index (χ2v) is 7.23. The van der Waals surface area contributed by atoms with Crippen LogP contribution in [0.1, 0.15) is 51.5 Å². The zero-order chi connectivity index (χ0) is 20.7. The standard InChI is InChI=1S/C20H28N4O3S/c1-4-6-7-11-17(25)22-24-16(19(27)23(5-2)20(24)28)13-18(26)21-15-10-8-9-14(3)12-15/h8-10,12,16H,4-7,11,13H2,1-3H3,(H,21,26)(H,22,25). The molecule has 0 bridgehead atoms. The largest absolute Gasteiger partial charge is 0.326 e. The molecule has 8 heteroatoms. The maximum Gasteiger partial charge on any atom is 0.254 e. The molecule has 1 aliphatic rings. The predicted octanol–water partition coefficient (Wildman–Crippen LogP) is 2.75. The Labute approximate surface area is 171 Å². The van der Waals surface area contributed by atoms with Crippen molar-refractivity contribution in [2.24, 2.45) is 0 Å². The zero-order valence-corrected chi connectivity index (χ0v) is 17.5. The number of hydrogen-bond acceptors (Lipinski definition) is 4. The molecule has 152 valence electrons. The summed E-state index contributed by atoms with van der Waals surface area (Å²) >= 11 is 5.35. The number of amides is 3. The Morgan fingerprint density at radius 1 is 1.18 bits per heavy atom. The second kappa shape index (κ2) is 10.2. The van der Waals surface area contributed by atoms with E-state index in [-0.39, 0.29) is 29.3 Å². The Balaban J connectivity index is 2.06. The average Bonchev–Trinajstić information content (AvgIpc) is 2.85. The van der Waals surface area contributed by atoms with Gasteiger partial charge in [0, 0.05) is 18.7 Å². The van der Waals surface area contributed by atoms with E-state index >= 15 is 0 Å². The van der Waals surface area contributed by atoms with Crippen molar-refractivity contribution in [3.05, 3.63) is 29.8 Å². The van der Waals surface area contributed by atoms with Gasteiger partial charge in [0.1, 0.15) is 6.04 Å². The van der Waals surface area contributed by atoms with Crippen molar-refractivity contribution in [2.45, 2.75) is 58.9 Å². The third kappa shape index (κ3) is 5.51. The summed E-state index contributed by atoms with van der Waals surface area (Å²) in [5.74, 6) is -0.790. The molecule has 1 fully saturated rings. The van der Waals surface area contributed by atoms with Gasteiger partial charge >= 0.3 is 0 Å². The number of carbonyl (C=O) groups excluding carboxylic acids is 3. The van der Waals surface area contributed by atoms with E-state index in [1.54, 1.807) is 13.0 Å². The maximum atomic E-state index is 12.7. The maximum absolute atomic E-state index is 12.7. The zero-order valence-electron chi connectivity index (χ0n) is 16.7. The topological polar surface area (TPSA) is 81.8 Å². The Morgan fingerprint density at radius 3 is 2.57 bits per heavy atom. The third-order valence-corrected chi connectivity index (χ3v) is 4.97. The molecule has 1 heterocycles. The number of nitrogens with zero attached hydrogens (tertiary/aromatic N) is 2. The molecule has 3 amide bonds. The predicted molar refractivity (Wildman–Crippen MR) is 112 cm³/mol. The molecule has 0 aromatic heterocycles. The SMILES string of the molecule is CCCCCC(=O)NN1C(=S)N(CC)C(=O)C1CC(=O)Nc1cccc(C)c1. The first-order chi connectivity index (χ1) is 13.4. The number of hydrazine groups is 1. The summed E-state index contributed by atoms with van der Waals surface area (Å²) in [4.78, 5) is 38.9. The fraction of sp³-hybridized carbons (Fsp3) is 0.500. The summed E-state index contributed by atoms with van der Waals surface area (Å²) in [6.45, 7) is 6.19. The number of likely N-dealkylation sites (N-methyl/N-ethyl adjacent to an activating group) is 1. The molecule has 2 rings (SSSR count). The summed E-state index contributed by atoms with van der Waals surface area (Å²) in [6, 6.07) is 6.58. The number of aryl methyl sites for hydroxylation is 1. The van der Waals surface area contributed by atoms with Crippen molar-refractivity contribution < 1.29 is 14.4 Å². The molecule has 2 N–H and O–H groups in total. The quantitative estimate of drug-likeness (QED) is 0.489. The van der Waals surface area contributed by atoms with Crippen LogP contribution in [0.15, 0.2) is 24.3 Å². The van der Waals surface area contributed by atoms with E-state index in [1.165, 1.54) is 9.91 Å². The van der Waals surface area contributed by atoms with Gasteiger partial charge in [-0.25, -0.2) is 5.01 Å². The Bertz CT molecular complexity index is 753. The van der Waals surface area contributed by atoms with Crippen LogP contribution in [-0.2, 0) is 14.4 Å². The first kappa shape index (κ1) is 21.8. The number of nitrogens with one attached hydrogen (secondary N) is 2. The van der Waals surface area contributed by atoms with Crippen molar-refractivity contribution in [3.63, 3.8) is 0 Å². The molecule has 0 spiro atoms. The Kier molecular flexibility index (Phi) is 7.92. The van der Waals surface area contributed by atoms with Crippen molar-refractivity contribution >= 4 is 40.7 Å². The van der Waals surface area contributed by atoms with E-state index in [1.807, 2.05) is 25.1 Å². The summed E-state index contributed by atoms with van der Waals surface area (Å²) in [5, 5.41) is 4.39. The van der Waals surface area contributed by atoms with Gasteiger partial charge in [0.05, 0.1) is 6.42 Å². The number of rotatable bonds is 9. The number of anilines is 1. The van der Waals surface area contributed by atoms with E-state index in [2.05, 4.69) is 17.7 Å². The molecule has 7 nitrogen and oxygen atoms in total. The van der Waals surface area contributed by atoms with Gasteiger partial charge in [-0.1, -0.05) is 31.9 Å².